The molecule has 30 heavy (non-hydrogen) atoms. The molecule has 3 aromatic carbocycles. The number of benzene rings is 3. The van der Waals surface area contributed by atoms with Crippen LogP contribution in [0.1, 0.15) is 54.2 Å². The lowest BCUT2D eigenvalue weighted by atomic mass is 9.81. The smallest absolute Gasteiger partial charge is 0.269 e. The Morgan fingerprint density at radius 3 is 2.23 bits per heavy atom. The Balaban J connectivity index is 1.59. The standard InChI is InChI=1S/C25H23NO3S/c1-4-24(27)17-6-12-21-20-11-5-16(13-22(20)25(2,3)23(21)14-17)15-30-19-9-7-18(8-10-19)26(28)29/h5-14H,4,15H2,1-3H3. The van der Waals surface area contributed by atoms with Crippen molar-refractivity contribution in [2.75, 3.05) is 0 Å². The Bertz CT molecular complexity index is 1150. The summed E-state index contributed by atoms with van der Waals surface area (Å²) in [5.74, 6) is 0.960. The highest BCUT2D eigenvalue weighted by atomic mass is 32.2. The Morgan fingerprint density at radius 2 is 1.60 bits per heavy atom. The fourth-order valence-electron chi connectivity index (χ4n) is 4.08. The second kappa shape index (κ2) is 7.73. The number of non-ortho nitro benzene ring substituents is 1. The monoisotopic (exact) mass is 417 g/mol. The van der Waals surface area contributed by atoms with Crippen LogP contribution in [0.2, 0.25) is 0 Å². The van der Waals surface area contributed by atoms with Gasteiger partial charge in [-0.3, -0.25) is 14.9 Å². The number of nitro groups is 1. The summed E-state index contributed by atoms with van der Waals surface area (Å²) in [4.78, 5) is 23.6. The van der Waals surface area contributed by atoms with E-state index in [1.165, 1.54) is 27.8 Å². The van der Waals surface area contributed by atoms with Crippen molar-refractivity contribution in [1.29, 1.82) is 0 Å². The Hall–Kier alpha value is -2.92. The van der Waals surface area contributed by atoms with Gasteiger partial charge in [-0.1, -0.05) is 51.1 Å². The molecule has 0 amide bonds. The normalized spacial score (nSPS) is 13.6. The van der Waals surface area contributed by atoms with Crippen molar-refractivity contribution in [3.63, 3.8) is 0 Å². The number of Topliss-reactive ketones (excluding diaryl/α,β-unsaturated/α-hetero) is 1. The number of nitrogens with zero attached hydrogens (tertiary/aromatic N) is 1. The molecular weight excluding hydrogens is 394 g/mol. The van der Waals surface area contributed by atoms with Crippen LogP contribution in [0.3, 0.4) is 0 Å². The molecule has 0 atom stereocenters. The zero-order valence-electron chi connectivity index (χ0n) is 17.3. The van der Waals surface area contributed by atoms with Crippen molar-refractivity contribution >= 4 is 23.2 Å². The topological polar surface area (TPSA) is 60.2 Å². The lowest BCUT2D eigenvalue weighted by Gasteiger charge is -2.22. The predicted molar refractivity (Wildman–Crippen MR) is 121 cm³/mol. The molecule has 1 aliphatic rings. The number of thioether (sulfide) groups is 1. The van der Waals surface area contributed by atoms with Gasteiger partial charge in [0.1, 0.15) is 0 Å². The first-order valence-corrected chi connectivity index (χ1v) is 11.0. The molecule has 0 unspecified atom stereocenters. The van der Waals surface area contributed by atoms with Crippen LogP contribution in [0.5, 0.6) is 0 Å². The minimum absolute atomic E-state index is 0.109. The zero-order valence-corrected chi connectivity index (χ0v) is 18.1. The van der Waals surface area contributed by atoms with Crippen LogP contribution in [-0.4, -0.2) is 10.7 Å². The maximum Gasteiger partial charge on any atom is 0.269 e. The van der Waals surface area contributed by atoms with E-state index < -0.39 is 0 Å². The summed E-state index contributed by atoms with van der Waals surface area (Å²) >= 11 is 1.67. The Labute approximate surface area is 180 Å². The van der Waals surface area contributed by atoms with Crippen LogP contribution in [-0.2, 0) is 11.2 Å². The van der Waals surface area contributed by atoms with Crippen molar-refractivity contribution in [2.24, 2.45) is 0 Å². The quantitative estimate of drug-likeness (QED) is 0.192. The van der Waals surface area contributed by atoms with Gasteiger partial charge in [-0.15, -0.1) is 11.8 Å². The Kier molecular flexibility index (Phi) is 5.24. The molecule has 0 radical (unpaired) electrons. The van der Waals surface area contributed by atoms with Gasteiger partial charge in [0.25, 0.3) is 5.69 Å². The lowest BCUT2D eigenvalue weighted by Crippen LogP contribution is -2.16. The van der Waals surface area contributed by atoms with E-state index in [0.29, 0.717) is 6.42 Å². The molecule has 0 spiro atoms. The van der Waals surface area contributed by atoms with Crippen LogP contribution in [0.4, 0.5) is 5.69 Å². The molecular formula is C25H23NO3S. The third-order valence-corrected chi connectivity index (χ3v) is 6.92. The number of carbonyl (C=O) groups excluding carboxylic acids is 1. The van der Waals surface area contributed by atoms with Crippen molar-refractivity contribution in [3.05, 3.63) is 93.0 Å². The minimum Gasteiger partial charge on any atom is -0.294 e. The van der Waals surface area contributed by atoms with Crippen LogP contribution in [0.15, 0.2) is 65.6 Å². The summed E-state index contributed by atoms with van der Waals surface area (Å²) in [6.07, 6.45) is 0.510. The second-order valence-electron chi connectivity index (χ2n) is 8.08. The van der Waals surface area contributed by atoms with Gasteiger partial charge in [-0.2, -0.15) is 0 Å². The minimum atomic E-state index is -0.381. The van der Waals surface area contributed by atoms with Gasteiger partial charge in [-0.25, -0.2) is 0 Å². The number of rotatable bonds is 6. The maximum absolute atomic E-state index is 12.2. The molecule has 0 aliphatic heterocycles. The SMILES string of the molecule is CCC(=O)c1ccc2c(c1)C(C)(C)c1cc(CSc3ccc([N+](=O)[O-])cc3)ccc1-2. The number of fused-ring (bicyclic) bond motifs is 3. The molecule has 3 aromatic rings. The number of ketones is 1. The highest BCUT2D eigenvalue weighted by molar-refractivity contribution is 7.98. The molecule has 0 N–H and O–H groups in total. The van der Waals surface area contributed by atoms with Crippen LogP contribution in [0.25, 0.3) is 11.1 Å². The predicted octanol–water partition coefficient (Wildman–Crippen LogP) is 6.79. The summed E-state index contributed by atoms with van der Waals surface area (Å²) < 4.78 is 0. The molecule has 152 valence electrons. The van der Waals surface area contributed by atoms with Gasteiger partial charge in [0.15, 0.2) is 5.78 Å². The summed E-state index contributed by atoms with van der Waals surface area (Å²) in [6.45, 7) is 6.32. The fraction of sp³-hybridized carbons (Fsp3) is 0.240. The average molecular weight is 418 g/mol. The number of hydrogen-bond acceptors (Lipinski definition) is 4. The first-order chi connectivity index (χ1) is 14.3. The second-order valence-corrected chi connectivity index (χ2v) is 9.13. The first-order valence-electron chi connectivity index (χ1n) is 10.00. The van der Waals surface area contributed by atoms with Gasteiger partial charge in [-0.05, 0) is 46.0 Å². The molecule has 0 bridgehead atoms. The van der Waals surface area contributed by atoms with Crippen molar-refractivity contribution < 1.29 is 9.72 Å². The molecule has 0 aromatic heterocycles. The summed E-state index contributed by atoms with van der Waals surface area (Å²) in [7, 11) is 0. The number of nitro benzene ring substituents is 1. The van der Waals surface area contributed by atoms with Gasteiger partial charge < -0.3 is 0 Å². The van der Waals surface area contributed by atoms with Gasteiger partial charge >= 0.3 is 0 Å². The van der Waals surface area contributed by atoms with Gasteiger partial charge in [0.2, 0.25) is 0 Å². The third-order valence-electron chi connectivity index (χ3n) is 5.84. The summed E-state index contributed by atoms with van der Waals surface area (Å²) in [5, 5.41) is 10.8. The molecule has 4 rings (SSSR count). The molecule has 0 saturated heterocycles. The van der Waals surface area contributed by atoms with Crippen LogP contribution in [0, 0.1) is 10.1 Å². The first kappa shape index (κ1) is 20.4. The lowest BCUT2D eigenvalue weighted by molar-refractivity contribution is -0.384. The highest BCUT2D eigenvalue weighted by Crippen LogP contribution is 2.49. The molecule has 0 fully saturated rings. The fourth-order valence-corrected chi connectivity index (χ4v) is 4.92. The van der Waals surface area contributed by atoms with Gasteiger partial charge in [0, 0.05) is 40.2 Å². The molecule has 1 aliphatic carbocycles. The Morgan fingerprint density at radius 1 is 0.967 bits per heavy atom. The van der Waals surface area contributed by atoms with Crippen molar-refractivity contribution in [2.45, 2.75) is 43.3 Å². The maximum atomic E-state index is 12.2. The molecule has 5 heteroatoms. The van der Waals surface area contributed by atoms with E-state index in [1.807, 2.05) is 13.0 Å². The molecule has 0 heterocycles. The molecule has 0 saturated carbocycles. The van der Waals surface area contributed by atoms with Crippen LogP contribution >= 0.6 is 11.8 Å². The van der Waals surface area contributed by atoms with E-state index in [9.17, 15) is 14.9 Å². The summed E-state index contributed by atoms with van der Waals surface area (Å²) in [6, 6.07) is 19.3. The number of hydrogen-bond donors (Lipinski definition) is 0. The highest BCUT2D eigenvalue weighted by Gasteiger charge is 2.35. The zero-order chi connectivity index (χ0) is 21.5. The third kappa shape index (κ3) is 3.54. The summed E-state index contributed by atoms with van der Waals surface area (Å²) in [5.41, 5.74) is 6.86. The van der Waals surface area contributed by atoms with Crippen molar-refractivity contribution in [3.8, 4) is 11.1 Å². The van der Waals surface area contributed by atoms with E-state index in [2.05, 4.69) is 44.2 Å². The van der Waals surface area contributed by atoms with Gasteiger partial charge in [0.05, 0.1) is 4.92 Å². The van der Waals surface area contributed by atoms with E-state index >= 15 is 0 Å². The van der Waals surface area contributed by atoms with E-state index in [1.54, 1.807) is 36.0 Å². The number of carbonyl (C=O) groups is 1. The largest absolute Gasteiger partial charge is 0.294 e. The average Bonchev–Trinajstić information content (AvgIpc) is 2.98. The van der Waals surface area contributed by atoms with E-state index in [-0.39, 0.29) is 21.8 Å². The van der Waals surface area contributed by atoms with E-state index in [4.69, 9.17) is 0 Å². The van der Waals surface area contributed by atoms with E-state index in [0.717, 1.165) is 16.2 Å². The van der Waals surface area contributed by atoms with Crippen LogP contribution < -0.4 is 0 Å². The van der Waals surface area contributed by atoms with Crippen molar-refractivity contribution in [1.82, 2.24) is 0 Å². The molecule has 4 nitrogen and oxygen atoms in total.